The Labute approximate surface area is 179 Å². The van der Waals surface area contributed by atoms with Gasteiger partial charge in [0.15, 0.2) is 0 Å². The summed E-state index contributed by atoms with van der Waals surface area (Å²) < 4.78 is 10.9. The summed E-state index contributed by atoms with van der Waals surface area (Å²) in [6.45, 7) is 10.0. The van der Waals surface area contributed by atoms with Crippen molar-refractivity contribution in [1.82, 2.24) is 10.2 Å². The van der Waals surface area contributed by atoms with Gasteiger partial charge in [-0.2, -0.15) is 0 Å². The zero-order valence-electron chi connectivity index (χ0n) is 18.5. The maximum absolute atomic E-state index is 13.0. The molecule has 0 spiro atoms. The molecule has 1 fully saturated rings. The van der Waals surface area contributed by atoms with Gasteiger partial charge in [-0.05, 0) is 48.9 Å². The third-order valence-corrected chi connectivity index (χ3v) is 4.98. The Morgan fingerprint density at radius 1 is 1.07 bits per heavy atom. The molecular weight excluding hydrogens is 384 g/mol. The van der Waals surface area contributed by atoms with Crippen molar-refractivity contribution in [3.05, 3.63) is 29.8 Å². The lowest BCUT2D eigenvalue weighted by atomic mass is 10.1. The molecule has 0 saturated carbocycles. The number of piperazine rings is 1. The number of esters is 1. The quantitative estimate of drug-likeness (QED) is 0.591. The van der Waals surface area contributed by atoms with Crippen molar-refractivity contribution >= 4 is 17.8 Å². The fourth-order valence-electron chi connectivity index (χ4n) is 3.06. The third-order valence-electron chi connectivity index (χ3n) is 4.98. The Balaban J connectivity index is 1.99. The van der Waals surface area contributed by atoms with Crippen LogP contribution in [0.1, 0.15) is 57.3 Å². The number of carbonyl (C=O) groups excluding carboxylic acids is 3. The van der Waals surface area contributed by atoms with Gasteiger partial charge >= 0.3 is 5.97 Å². The molecule has 0 bridgehead atoms. The number of benzene rings is 1. The van der Waals surface area contributed by atoms with Gasteiger partial charge in [-0.15, -0.1) is 0 Å². The van der Waals surface area contributed by atoms with E-state index < -0.39 is 12.0 Å². The SMILES string of the molecule is CC(C)CCOC(=O)CC1C(=O)NCCN1C(=O)c1ccc(OCCC(C)C)cc1. The second kappa shape index (κ2) is 11.6. The minimum Gasteiger partial charge on any atom is -0.494 e. The molecule has 2 rings (SSSR count). The summed E-state index contributed by atoms with van der Waals surface area (Å²) in [5.74, 6) is 0.608. The number of hydrogen-bond donors (Lipinski definition) is 1. The molecule has 1 atom stereocenters. The molecule has 0 radical (unpaired) electrons. The molecule has 1 aromatic carbocycles. The molecule has 1 saturated heterocycles. The summed E-state index contributed by atoms with van der Waals surface area (Å²) >= 11 is 0. The first-order chi connectivity index (χ1) is 14.3. The lowest BCUT2D eigenvalue weighted by molar-refractivity contribution is -0.148. The highest BCUT2D eigenvalue weighted by Gasteiger charge is 2.35. The van der Waals surface area contributed by atoms with E-state index in [1.807, 2.05) is 13.8 Å². The van der Waals surface area contributed by atoms with Gasteiger partial charge in [0.05, 0.1) is 19.6 Å². The largest absolute Gasteiger partial charge is 0.494 e. The minimum absolute atomic E-state index is 0.147. The van der Waals surface area contributed by atoms with Crippen LogP contribution in [-0.2, 0) is 14.3 Å². The van der Waals surface area contributed by atoms with Crippen molar-refractivity contribution in [1.29, 1.82) is 0 Å². The smallest absolute Gasteiger partial charge is 0.308 e. The van der Waals surface area contributed by atoms with Crippen LogP contribution >= 0.6 is 0 Å². The standard InChI is InChI=1S/C23H34N2O5/c1-16(2)9-13-29-19-7-5-18(6-8-19)23(28)25-12-11-24-22(27)20(25)15-21(26)30-14-10-17(3)4/h5-8,16-17,20H,9-15H2,1-4H3,(H,24,27). The van der Waals surface area contributed by atoms with Gasteiger partial charge in [0.25, 0.3) is 5.91 Å². The summed E-state index contributed by atoms with van der Waals surface area (Å²) in [5.41, 5.74) is 0.457. The van der Waals surface area contributed by atoms with Gasteiger partial charge in [-0.25, -0.2) is 0 Å². The van der Waals surface area contributed by atoms with Gasteiger partial charge in [-0.1, -0.05) is 27.7 Å². The van der Waals surface area contributed by atoms with Crippen LogP contribution in [0.25, 0.3) is 0 Å². The summed E-state index contributed by atoms with van der Waals surface area (Å²) in [6.07, 6.45) is 1.57. The van der Waals surface area contributed by atoms with Crippen LogP contribution in [0.3, 0.4) is 0 Å². The summed E-state index contributed by atoms with van der Waals surface area (Å²) in [4.78, 5) is 39.0. The average molecular weight is 419 g/mol. The lowest BCUT2D eigenvalue weighted by Crippen LogP contribution is -2.57. The van der Waals surface area contributed by atoms with Crippen molar-refractivity contribution in [3.8, 4) is 5.75 Å². The Hall–Kier alpha value is -2.57. The van der Waals surface area contributed by atoms with Gasteiger partial charge in [0.2, 0.25) is 5.91 Å². The Kier molecular flexibility index (Phi) is 9.15. The van der Waals surface area contributed by atoms with E-state index >= 15 is 0 Å². The molecule has 7 heteroatoms. The fraction of sp³-hybridized carbons (Fsp3) is 0.609. The number of nitrogens with zero attached hydrogens (tertiary/aromatic N) is 1. The third kappa shape index (κ3) is 7.35. The maximum atomic E-state index is 13.0. The van der Waals surface area contributed by atoms with Crippen LogP contribution in [0.15, 0.2) is 24.3 Å². The summed E-state index contributed by atoms with van der Waals surface area (Å²) in [6, 6.07) is 6.04. The molecule has 1 aliphatic heterocycles. The minimum atomic E-state index is -0.861. The zero-order chi connectivity index (χ0) is 22.1. The van der Waals surface area contributed by atoms with E-state index in [0.717, 1.165) is 12.8 Å². The molecule has 0 aromatic heterocycles. The molecule has 1 unspecified atom stereocenters. The first-order valence-corrected chi connectivity index (χ1v) is 10.7. The van der Waals surface area contributed by atoms with E-state index in [4.69, 9.17) is 9.47 Å². The molecule has 1 heterocycles. The van der Waals surface area contributed by atoms with E-state index in [-0.39, 0.29) is 18.2 Å². The van der Waals surface area contributed by atoms with Gasteiger partial charge in [-0.3, -0.25) is 14.4 Å². The highest BCUT2D eigenvalue weighted by atomic mass is 16.5. The molecule has 1 aliphatic rings. The zero-order valence-corrected chi connectivity index (χ0v) is 18.5. The highest BCUT2D eigenvalue weighted by molar-refractivity contribution is 5.99. The predicted molar refractivity (Wildman–Crippen MR) is 114 cm³/mol. The highest BCUT2D eigenvalue weighted by Crippen LogP contribution is 2.18. The second-order valence-corrected chi connectivity index (χ2v) is 8.47. The molecule has 2 amide bonds. The molecule has 1 N–H and O–H groups in total. The van der Waals surface area contributed by atoms with E-state index in [2.05, 4.69) is 19.2 Å². The molecule has 7 nitrogen and oxygen atoms in total. The van der Waals surface area contributed by atoms with Crippen LogP contribution in [0.2, 0.25) is 0 Å². The van der Waals surface area contributed by atoms with Gasteiger partial charge < -0.3 is 19.7 Å². The summed E-state index contributed by atoms with van der Waals surface area (Å²) in [5, 5.41) is 2.73. The number of carbonyl (C=O) groups is 3. The second-order valence-electron chi connectivity index (χ2n) is 8.47. The molecule has 166 valence electrons. The topological polar surface area (TPSA) is 84.9 Å². The van der Waals surface area contributed by atoms with Gasteiger partial charge in [0.1, 0.15) is 11.8 Å². The number of rotatable bonds is 10. The number of amides is 2. The average Bonchev–Trinajstić information content (AvgIpc) is 2.69. The van der Waals surface area contributed by atoms with Crippen molar-refractivity contribution in [2.75, 3.05) is 26.3 Å². The number of nitrogens with one attached hydrogen (secondary N) is 1. The van der Waals surface area contributed by atoms with Gasteiger partial charge in [0, 0.05) is 18.7 Å². The van der Waals surface area contributed by atoms with Crippen molar-refractivity contribution in [2.45, 2.75) is 53.0 Å². The van der Waals surface area contributed by atoms with Crippen LogP contribution < -0.4 is 10.1 Å². The van der Waals surface area contributed by atoms with E-state index in [0.29, 0.717) is 49.5 Å². The Morgan fingerprint density at radius 3 is 2.33 bits per heavy atom. The Bertz CT molecular complexity index is 715. The number of hydrogen-bond acceptors (Lipinski definition) is 5. The first-order valence-electron chi connectivity index (χ1n) is 10.7. The van der Waals surface area contributed by atoms with Crippen molar-refractivity contribution in [2.24, 2.45) is 11.8 Å². The molecular formula is C23H34N2O5. The van der Waals surface area contributed by atoms with Crippen LogP contribution in [0, 0.1) is 11.8 Å². The molecule has 0 aliphatic carbocycles. The molecule has 1 aromatic rings. The fourth-order valence-corrected chi connectivity index (χ4v) is 3.06. The van der Waals surface area contributed by atoms with E-state index in [9.17, 15) is 14.4 Å². The predicted octanol–water partition coefficient (Wildman–Crippen LogP) is 3.03. The van der Waals surface area contributed by atoms with E-state index in [1.54, 1.807) is 24.3 Å². The van der Waals surface area contributed by atoms with Crippen LogP contribution in [0.5, 0.6) is 5.75 Å². The summed E-state index contributed by atoms with van der Waals surface area (Å²) in [7, 11) is 0. The van der Waals surface area contributed by atoms with Crippen molar-refractivity contribution < 1.29 is 23.9 Å². The lowest BCUT2D eigenvalue weighted by Gasteiger charge is -2.34. The van der Waals surface area contributed by atoms with Crippen molar-refractivity contribution in [3.63, 3.8) is 0 Å². The van der Waals surface area contributed by atoms with Crippen LogP contribution in [0.4, 0.5) is 0 Å². The monoisotopic (exact) mass is 418 g/mol. The number of ether oxygens (including phenoxy) is 2. The Morgan fingerprint density at radius 2 is 1.70 bits per heavy atom. The van der Waals surface area contributed by atoms with Crippen LogP contribution in [-0.4, -0.2) is 55.0 Å². The maximum Gasteiger partial charge on any atom is 0.308 e. The first kappa shape index (κ1) is 23.7. The normalized spacial score (nSPS) is 16.5. The van der Waals surface area contributed by atoms with E-state index in [1.165, 1.54) is 4.90 Å². The molecule has 30 heavy (non-hydrogen) atoms.